The molecule has 130 valence electrons. The fourth-order valence-corrected chi connectivity index (χ4v) is 4.17. The van der Waals surface area contributed by atoms with E-state index < -0.39 is 32.5 Å². The summed E-state index contributed by atoms with van der Waals surface area (Å²) in [6.45, 7) is 1.25. The largest absolute Gasteiger partial charge is 0.419 e. The van der Waals surface area contributed by atoms with Gasteiger partial charge in [0.1, 0.15) is 5.82 Å². The summed E-state index contributed by atoms with van der Waals surface area (Å²) in [4.78, 5) is -0.529. The fourth-order valence-electron chi connectivity index (χ4n) is 2.67. The standard InChI is InChI=1S/C14H18F4N2O2S/c1-19-9-10-4-6-20(7-5-10)23(21,22)11-2-3-13(15)12(8-11)14(16,17)18/h2-3,8,10,19H,4-7,9H2,1H3. The van der Waals surface area contributed by atoms with Crippen molar-refractivity contribution in [3.05, 3.63) is 29.6 Å². The summed E-state index contributed by atoms with van der Waals surface area (Å²) >= 11 is 0. The summed E-state index contributed by atoms with van der Waals surface area (Å²) in [6.07, 6.45) is -3.67. The van der Waals surface area contributed by atoms with E-state index in [0.717, 1.165) is 16.9 Å². The number of hydrogen-bond donors (Lipinski definition) is 1. The van der Waals surface area contributed by atoms with Crippen LogP contribution >= 0.6 is 0 Å². The summed E-state index contributed by atoms with van der Waals surface area (Å²) < 4.78 is 77.6. The van der Waals surface area contributed by atoms with Crippen LogP contribution < -0.4 is 5.32 Å². The third-order valence-electron chi connectivity index (χ3n) is 3.95. The van der Waals surface area contributed by atoms with Gasteiger partial charge in [-0.2, -0.15) is 17.5 Å². The molecule has 23 heavy (non-hydrogen) atoms. The Balaban J connectivity index is 2.24. The van der Waals surface area contributed by atoms with Crippen molar-refractivity contribution in [1.29, 1.82) is 0 Å². The normalized spacial score (nSPS) is 18.3. The van der Waals surface area contributed by atoms with Crippen molar-refractivity contribution in [3.63, 3.8) is 0 Å². The van der Waals surface area contributed by atoms with Crippen molar-refractivity contribution in [1.82, 2.24) is 9.62 Å². The number of nitrogens with one attached hydrogen (secondary N) is 1. The zero-order valence-electron chi connectivity index (χ0n) is 12.5. The molecule has 9 heteroatoms. The van der Waals surface area contributed by atoms with Gasteiger partial charge in [0.2, 0.25) is 10.0 Å². The van der Waals surface area contributed by atoms with E-state index in [4.69, 9.17) is 0 Å². The Labute approximate surface area is 132 Å². The number of rotatable bonds is 4. The molecule has 0 saturated carbocycles. The summed E-state index contributed by atoms with van der Waals surface area (Å²) in [5.74, 6) is -1.14. The van der Waals surface area contributed by atoms with Crippen LogP contribution in [0.1, 0.15) is 18.4 Å². The highest BCUT2D eigenvalue weighted by Gasteiger charge is 2.36. The molecule has 1 aromatic rings. The molecule has 1 saturated heterocycles. The van der Waals surface area contributed by atoms with Crippen LogP contribution in [0.3, 0.4) is 0 Å². The van der Waals surface area contributed by atoms with E-state index in [0.29, 0.717) is 30.9 Å². The quantitative estimate of drug-likeness (QED) is 0.845. The van der Waals surface area contributed by atoms with E-state index in [-0.39, 0.29) is 13.1 Å². The van der Waals surface area contributed by atoms with Crippen LogP contribution in [0.25, 0.3) is 0 Å². The minimum absolute atomic E-state index is 0.243. The van der Waals surface area contributed by atoms with E-state index in [9.17, 15) is 26.0 Å². The molecular weight excluding hydrogens is 336 g/mol. The highest BCUT2D eigenvalue weighted by atomic mass is 32.2. The lowest BCUT2D eigenvalue weighted by Gasteiger charge is -2.31. The lowest BCUT2D eigenvalue weighted by Crippen LogP contribution is -2.40. The Morgan fingerprint density at radius 2 is 1.87 bits per heavy atom. The van der Waals surface area contributed by atoms with E-state index in [1.54, 1.807) is 7.05 Å². The number of nitrogens with zero attached hydrogens (tertiary/aromatic N) is 1. The molecule has 4 nitrogen and oxygen atoms in total. The summed E-state index contributed by atoms with van der Waals surface area (Å²) in [5, 5.41) is 3.02. The highest BCUT2D eigenvalue weighted by molar-refractivity contribution is 7.89. The van der Waals surface area contributed by atoms with Gasteiger partial charge >= 0.3 is 6.18 Å². The molecule has 0 unspecified atom stereocenters. The Morgan fingerprint density at radius 3 is 2.39 bits per heavy atom. The van der Waals surface area contributed by atoms with Crippen molar-refractivity contribution >= 4 is 10.0 Å². The number of benzene rings is 1. The smallest absolute Gasteiger partial charge is 0.319 e. The van der Waals surface area contributed by atoms with Gasteiger partial charge in [-0.1, -0.05) is 0 Å². The van der Waals surface area contributed by atoms with Crippen LogP contribution in [0.2, 0.25) is 0 Å². The predicted molar refractivity (Wildman–Crippen MR) is 76.8 cm³/mol. The Hall–Kier alpha value is -1.19. The maximum Gasteiger partial charge on any atom is 0.419 e. The number of sulfonamides is 1. The molecule has 1 heterocycles. The van der Waals surface area contributed by atoms with Crippen molar-refractivity contribution in [2.45, 2.75) is 23.9 Å². The van der Waals surface area contributed by atoms with Crippen LogP contribution in [0, 0.1) is 11.7 Å². The van der Waals surface area contributed by atoms with Gasteiger partial charge in [-0.25, -0.2) is 12.8 Å². The molecule has 2 rings (SSSR count). The number of alkyl halides is 3. The first-order chi connectivity index (χ1) is 10.7. The van der Waals surface area contributed by atoms with E-state index in [1.807, 2.05) is 0 Å². The molecule has 1 N–H and O–H groups in total. The molecule has 0 aromatic heterocycles. The summed E-state index contributed by atoms with van der Waals surface area (Å²) in [7, 11) is -2.25. The molecule has 1 fully saturated rings. The van der Waals surface area contributed by atoms with Gasteiger partial charge in [-0.15, -0.1) is 0 Å². The first kappa shape index (κ1) is 18.2. The second kappa shape index (κ2) is 6.74. The third-order valence-corrected chi connectivity index (χ3v) is 5.84. The van der Waals surface area contributed by atoms with Crippen molar-refractivity contribution in [2.24, 2.45) is 5.92 Å². The number of hydrogen-bond acceptors (Lipinski definition) is 3. The summed E-state index contributed by atoms with van der Waals surface area (Å²) in [6, 6.07) is 1.79. The van der Waals surface area contributed by atoms with Crippen LogP contribution in [0.4, 0.5) is 17.6 Å². The lowest BCUT2D eigenvalue weighted by molar-refractivity contribution is -0.140. The predicted octanol–water partition coefficient (Wildman–Crippen LogP) is 2.46. The SMILES string of the molecule is CNCC1CCN(S(=O)(=O)c2ccc(F)c(C(F)(F)F)c2)CC1. The van der Waals surface area contributed by atoms with E-state index in [1.165, 1.54) is 0 Å². The maximum absolute atomic E-state index is 13.3. The molecule has 0 radical (unpaired) electrons. The van der Waals surface area contributed by atoms with Crippen LogP contribution in [0.15, 0.2) is 23.1 Å². The number of piperidine rings is 1. The molecule has 0 aliphatic carbocycles. The first-order valence-electron chi connectivity index (χ1n) is 7.17. The van der Waals surface area contributed by atoms with Crippen molar-refractivity contribution < 1.29 is 26.0 Å². The zero-order valence-corrected chi connectivity index (χ0v) is 13.3. The van der Waals surface area contributed by atoms with Gasteiger partial charge in [-0.3, -0.25) is 0 Å². The molecule has 1 aliphatic heterocycles. The summed E-state index contributed by atoms with van der Waals surface area (Å²) in [5.41, 5.74) is -1.57. The monoisotopic (exact) mass is 354 g/mol. The van der Waals surface area contributed by atoms with E-state index in [2.05, 4.69) is 5.32 Å². The minimum Gasteiger partial charge on any atom is -0.319 e. The molecular formula is C14H18F4N2O2S. The molecule has 0 atom stereocenters. The van der Waals surface area contributed by atoms with Gasteiger partial charge in [0.25, 0.3) is 0 Å². The zero-order chi connectivity index (χ0) is 17.3. The topological polar surface area (TPSA) is 49.4 Å². The first-order valence-corrected chi connectivity index (χ1v) is 8.61. The minimum atomic E-state index is -4.94. The van der Waals surface area contributed by atoms with Gasteiger partial charge < -0.3 is 5.32 Å². The average Bonchev–Trinajstić information content (AvgIpc) is 2.47. The molecule has 1 aliphatic rings. The lowest BCUT2D eigenvalue weighted by atomic mass is 9.98. The Bertz CT molecular complexity index is 653. The van der Waals surface area contributed by atoms with Crippen molar-refractivity contribution in [2.75, 3.05) is 26.7 Å². The molecule has 1 aromatic carbocycles. The van der Waals surface area contributed by atoms with Crippen molar-refractivity contribution in [3.8, 4) is 0 Å². The van der Waals surface area contributed by atoms with Gasteiger partial charge in [0.15, 0.2) is 0 Å². The molecule has 0 amide bonds. The highest BCUT2D eigenvalue weighted by Crippen LogP contribution is 2.33. The van der Waals surface area contributed by atoms with E-state index >= 15 is 0 Å². The Morgan fingerprint density at radius 1 is 1.26 bits per heavy atom. The molecule has 0 spiro atoms. The third kappa shape index (κ3) is 4.02. The van der Waals surface area contributed by atoms with Crippen LogP contribution in [-0.4, -0.2) is 39.4 Å². The Kier molecular flexibility index (Phi) is 5.32. The van der Waals surface area contributed by atoms with Gasteiger partial charge in [0.05, 0.1) is 10.5 Å². The van der Waals surface area contributed by atoms with Gasteiger partial charge in [0, 0.05) is 13.1 Å². The molecule has 0 bridgehead atoms. The van der Waals surface area contributed by atoms with Crippen LogP contribution in [-0.2, 0) is 16.2 Å². The second-order valence-electron chi connectivity index (χ2n) is 5.54. The van der Waals surface area contributed by atoms with Crippen LogP contribution in [0.5, 0.6) is 0 Å². The second-order valence-corrected chi connectivity index (χ2v) is 7.48. The average molecular weight is 354 g/mol. The number of halogens is 4. The maximum atomic E-state index is 13.3. The fraction of sp³-hybridized carbons (Fsp3) is 0.571. The van der Waals surface area contributed by atoms with Gasteiger partial charge in [-0.05, 0) is 50.6 Å².